The molecule has 5 heteroatoms. The van der Waals surface area contributed by atoms with Crippen molar-refractivity contribution in [1.29, 1.82) is 0 Å². The van der Waals surface area contributed by atoms with Crippen LogP contribution in [0.1, 0.15) is 27.0 Å². The van der Waals surface area contributed by atoms with Crippen LogP contribution in [0.2, 0.25) is 0 Å². The number of anilines is 1. The normalized spacial score (nSPS) is 14.5. The van der Waals surface area contributed by atoms with Crippen molar-refractivity contribution in [3.8, 4) is 0 Å². The molecule has 1 amide bonds. The number of hydrogen-bond donors (Lipinski definition) is 0. The number of hydrogen-bond acceptors (Lipinski definition) is 4. The van der Waals surface area contributed by atoms with E-state index in [1.807, 2.05) is 37.3 Å². The van der Waals surface area contributed by atoms with Gasteiger partial charge in [0.05, 0.1) is 0 Å². The molecule has 1 aliphatic rings. The predicted octanol–water partition coefficient (Wildman–Crippen LogP) is 3.19. The van der Waals surface area contributed by atoms with E-state index in [4.69, 9.17) is 4.74 Å². The van der Waals surface area contributed by atoms with Crippen LogP contribution in [-0.4, -0.2) is 24.5 Å². The number of fused-ring (bicyclic) bond motifs is 1. The number of carbonyl (C=O) groups excluding carboxylic acids is 2. The zero-order chi connectivity index (χ0) is 15.7. The van der Waals surface area contributed by atoms with Gasteiger partial charge >= 0.3 is 5.97 Å². The largest absolute Gasteiger partial charge is 0.448 e. The molecule has 0 unspecified atom stereocenters. The monoisotopic (exact) mass is 315 g/mol. The summed E-state index contributed by atoms with van der Waals surface area (Å²) in [6.45, 7) is 4.19. The molecule has 114 valence electrons. The number of aryl methyl sites for hydroxylation is 1. The Labute approximate surface area is 133 Å². The number of ether oxygens (including phenoxy) is 1. The molecule has 1 aromatic heterocycles. The maximum atomic E-state index is 12.5. The second-order valence-corrected chi connectivity index (χ2v) is 6.61. The molecule has 1 aliphatic heterocycles. The van der Waals surface area contributed by atoms with Gasteiger partial charge < -0.3 is 9.64 Å². The van der Waals surface area contributed by atoms with Gasteiger partial charge in [0, 0.05) is 17.1 Å². The Morgan fingerprint density at radius 1 is 1.23 bits per heavy atom. The summed E-state index contributed by atoms with van der Waals surface area (Å²) in [5.41, 5.74) is 2.07. The first-order valence-corrected chi connectivity index (χ1v) is 8.04. The Morgan fingerprint density at radius 2 is 2.00 bits per heavy atom. The first-order chi connectivity index (χ1) is 10.6. The highest BCUT2D eigenvalue weighted by molar-refractivity contribution is 7.13. The molecule has 0 saturated heterocycles. The number of para-hydroxylation sites is 1. The van der Waals surface area contributed by atoms with Gasteiger partial charge in [0.1, 0.15) is 4.88 Å². The Hall–Kier alpha value is -2.14. The lowest BCUT2D eigenvalue weighted by Crippen LogP contribution is -2.39. The number of esters is 1. The third-order valence-electron chi connectivity index (χ3n) is 3.73. The van der Waals surface area contributed by atoms with Crippen LogP contribution in [0.25, 0.3) is 0 Å². The van der Waals surface area contributed by atoms with E-state index in [0.717, 1.165) is 22.5 Å². The number of rotatable bonds is 3. The molecular formula is C17H17NO3S. The van der Waals surface area contributed by atoms with Gasteiger partial charge in [-0.2, -0.15) is 0 Å². The van der Waals surface area contributed by atoms with Crippen LogP contribution in [0, 0.1) is 6.92 Å². The Bertz CT molecular complexity index is 722. The van der Waals surface area contributed by atoms with Crippen molar-refractivity contribution in [2.45, 2.75) is 26.4 Å². The minimum Gasteiger partial charge on any atom is -0.448 e. The molecular weight excluding hydrogens is 298 g/mol. The molecule has 0 radical (unpaired) electrons. The smallest absolute Gasteiger partial charge is 0.349 e. The maximum Gasteiger partial charge on any atom is 0.349 e. The molecule has 3 rings (SSSR count). The first kappa shape index (κ1) is 14.8. The summed E-state index contributed by atoms with van der Waals surface area (Å²) in [4.78, 5) is 27.9. The van der Waals surface area contributed by atoms with Crippen molar-refractivity contribution >= 4 is 28.9 Å². The van der Waals surface area contributed by atoms with Gasteiger partial charge in [-0.25, -0.2) is 4.79 Å². The number of benzene rings is 1. The van der Waals surface area contributed by atoms with Crippen molar-refractivity contribution in [2.24, 2.45) is 0 Å². The minimum absolute atomic E-state index is 0.174. The fourth-order valence-electron chi connectivity index (χ4n) is 2.60. The molecule has 1 aromatic carbocycles. The highest BCUT2D eigenvalue weighted by Crippen LogP contribution is 2.28. The second kappa shape index (κ2) is 5.93. The topological polar surface area (TPSA) is 46.6 Å². The average molecular weight is 315 g/mol. The van der Waals surface area contributed by atoms with Gasteiger partial charge in [-0.3, -0.25) is 4.79 Å². The SMILES string of the molecule is Cc1ccc(C(=O)O[C@@H](C)C(=O)N2CCc3ccccc32)s1. The third kappa shape index (κ3) is 2.76. The Morgan fingerprint density at radius 3 is 2.73 bits per heavy atom. The van der Waals surface area contributed by atoms with Crippen LogP contribution in [0.5, 0.6) is 0 Å². The van der Waals surface area contributed by atoms with Gasteiger partial charge in [0.15, 0.2) is 6.10 Å². The standard InChI is InChI=1S/C17H17NO3S/c1-11-7-8-15(22-11)17(20)21-12(2)16(19)18-10-9-13-5-3-4-6-14(13)18/h3-8,12H,9-10H2,1-2H3/t12-/m0/s1. The summed E-state index contributed by atoms with van der Waals surface area (Å²) >= 11 is 1.37. The molecule has 0 fully saturated rings. The summed E-state index contributed by atoms with van der Waals surface area (Å²) in [7, 11) is 0. The van der Waals surface area contributed by atoms with Crippen molar-refractivity contribution in [2.75, 3.05) is 11.4 Å². The van der Waals surface area contributed by atoms with Crippen LogP contribution < -0.4 is 4.90 Å². The summed E-state index contributed by atoms with van der Waals surface area (Å²) in [5.74, 6) is -0.613. The summed E-state index contributed by atoms with van der Waals surface area (Å²) in [6, 6.07) is 11.4. The molecule has 2 aromatic rings. The summed E-state index contributed by atoms with van der Waals surface area (Å²) in [5, 5.41) is 0. The van der Waals surface area contributed by atoms with Crippen LogP contribution >= 0.6 is 11.3 Å². The van der Waals surface area contributed by atoms with E-state index in [-0.39, 0.29) is 5.91 Å². The molecule has 0 N–H and O–H groups in total. The molecule has 0 aliphatic carbocycles. The lowest BCUT2D eigenvalue weighted by Gasteiger charge is -2.21. The third-order valence-corrected chi connectivity index (χ3v) is 4.71. The minimum atomic E-state index is -0.791. The fourth-order valence-corrected chi connectivity index (χ4v) is 3.35. The van der Waals surface area contributed by atoms with Crippen molar-refractivity contribution in [3.05, 3.63) is 51.7 Å². The molecule has 0 spiro atoms. The van der Waals surface area contributed by atoms with Crippen LogP contribution in [0.15, 0.2) is 36.4 Å². The predicted molar refractivity (Wildman–Crippen MR) is 86.4 cm³/mol. The molecule has 0 saturated carbocycles. The maximum absolute atomic E-state index is 12.5. The average Bonchev–Trinajstić information content (AvgIpc) is 3.12. The van der Waals surface area contributed by atoms with Crippen molar-refractivity contribution in [1.82, 2.24) is 0 Å². The summed E-state index contributed by atoms with van der Waals surface area (Å²) < 4.78 is 5.32. The van der Waals surface area contributed by atoms with Gasteiger partial charge in [-0.05, 0) is 44.0 Å². The molecule has 1 atom stereocenters. The van der Waals surface area contributed by atoms with Gasteiger partial charge in [-0.1, -0.05) is 18.2 Å². The lowest BCUT2D eigenvalue weighted by atomic mass is 10.2. The Balaban J connectivity index is 1.69. The van der Waals surface area contributed by atoms with Crippen molar-refractivity contribution < 1.29 is 14.3 Å². The molecule has 2 heterocycles. The summed E-state index contributed by atoms with van der Waals surface area (Å²) in [6.07, 6.45) is 0.0493. The highest BCUT2D eigenvalue weighted by atomic mass is 32.1. The number of thiophene rings is 1. The molecule has 0 bridgehead atoms. The Kier molecular flexibility index (Phi) is 3.98. The fraction of sp³-hybridized carbons (Fsp3) is 0.294. The zero-order valence-electron chi connectivity index (χ0n) is 12.5. The van der Waals surface area contributed by atoms with Gasteiger partial charge in [-0.15, -0.1) is 11.3 Å². The highest BCUT2D eigenvalue weighted by Gasteiger charge is 2.30. The van der Waals surface area contributed by atoms with E-state index >= 15 is 0 Å². The molecule has 22 heavy (non-hydrogen) atoms. The van der Waals surface area contributed by atoms with Crippen LogP contribution in [0.4, 0.5) is 5.69 Å². The molecule has 4 nitrogen and oxygen atoms in total. The van der Waals surface area contributed by atoms with E-state index in [1.54, 1.807) is 17.9 Å². The van der Waals surface area contributed by atoms with Gasteiger partial charge in [0.2, 0.25) is 0 Å². The van der Waals surface area contributed by atoms with E-state index in [0.29, 0.717) is 11.4 Å². The van der Waals surface area contributed by atoms with E-state index in [2.05, 4.69) is 0 Å². The van der Waals surface area contributed by atoms with Crippen LogP contribution in [0.3, 0.4) is 0 Å². The number of amides is 1. The lowest BCUT2D eigenvalue weighted by molar-refractivity contribution is -0.126. The van der Waals surface area contributed by atoms with Crippen molar-refractivity contribution in [3.63, 3.8) is 0 Å². The van der Waals surface area contributed by atoms with E-state index in [9.17, 15) is 9.59 Å². The number of carbonyl (C=O) groups is 2. The van der Waals surface area contributed by atoms with Gasteiger partial charge in [0.25, 0.3) is 5.91 Å². The van der Waals surface area contributed by atoms with E-state index in [1.165, 1.54) is 11.3 Å². The zero-order valence-corrected chi connectivity index (χ0v) is 13.4. The van der Waals surface area contributed by atoms with Crippen LogP contribution in [-0.2, 0) is 16.0 Å². The van der Waals surface area contributed by atoms with E-state index < -0.39 is 12.1 Å². The first-order valence-electron chi connectivity index (χ1n) is 7.23. The number of nitrogens with zero attached hydrogens (tertiary/aromatic N) is 1. The quantitative estimate of drug-likeness (QED) is 0.817. The second-order valence-electron chi connectivity index (χ2n) is 5.33.